The first kappa shape index (κ1) is 12.7. The van der Waals surface area contributed by atoms with Crippen molar-refractivity contribution in [3.05, 3.63) is 54.0 Å². The standard InChI is InChI=1S/C17H11N3O2S/c1-2-16(23-7-1)13-9-18-17-6-4-12(19-20(13)17)11-3-5-14-15(8-11)22-10-21-14/h1-9H,10H2. The normalized spacial score (nSPS) is 12.9. The van der Waals surface area contributed by atoms with Crippen LogP contribution in [0, 0.1) is 0 Å². The highest BCUT2D eigenvalue weighted by atomic mass is 32.1. The summed E-state index contributed by atoms with van der Waals surface area (Å²) in [6.45, 7) is 0.273. The first-order valence-corrected chi connectivity index (χ1v) is 8.05. The Balaban J connectivity index is 1.66. The van der Waals surface area contributed by atoms with E-state index in [1.807, 2.05) is 47.1 Å². The molecule has 0 amide bonds. The van der Waals surface area contributed by atoms with E-state index in [1.54, 1.807) is 11.3 Å². The van der Waals surface area contributed by atoms with Gasteiger partial charge in [-0.1, -0.05) is 6.07 Å². The SMILES string of the molecule is c1csc(-c2cnc3ccc(-c4ccc5c(c4)OCO5)nn23)c1. The van der Waals surface area contributed by atoms with Gasteiger partial charge in [0.15, 0.2) is 17.1 Å². The fourth-order valence-corrected chi connectivity index (χ4v) is 3.40. The van der Waals surface area contributed by atoms with Gasteiger partial charge < -0.3 is 9.47 Å². The number of hydrogen-bond acceptors (Lipinski definition) is 5. The molecule has 5 nitrogen and oxygen atoms in total. The largest absolute Gasteiger partial charge is 0.454 e. The quantitative estimate of drug-likeness (QED) is 0.562. The molecule has 0 saturated heterocycles. The van der Waals surface area contributed by atoms with Crippen molar-refractivity contribution in [1.82, 2.24) is 14.6 Å². The molecule has 23 heavy (non-hydrogen) atoms. The highest BCUT2D eigenvalue weighted by molar-refractivity contribution is 7.13. The Labute approximate surface area is 135 Å². The first-order valence-electron chi connectivity index (χ1n) is 7.17. The highest BCUT2D eigenvalue weighted by Crippen LogP contribution is 2.35. The third-order valence-electron chi connectivity index (χ3n) is 3.80. The molecule has 5 rings (SSSR count). The highest BCUT2D eigenvalue weighted by Gasteiger charge is 2.15. The van der Waals surface area contributed by atoms with Gasteiger partial charge in [0.05, 0.1) is 16.8 Å². The second-order valence-corrected chi connectivity index (χ2v) is 6.13. The zero-order valence-corrected chi connectivity index (χ0v) is 12.8. The molecule has 0 fully saturated rings. The summed E-state index contributed by atoms with van der Waals surface area (Å²) in [5, 5.41) is 6.80. The molecule has 112 valence electrons. The van der Waals surface area contributed by atoms with Crippen LogP contribution in [0.1, 0.15) is 0 Å². The maximum atomic E-state index is 5.45. The van der Waals surface area contributed by atoms with Gasteiger partial charge >= 0.3 is 0 Å². The Morgan fingerprint density at radius 2 is 2.00 bits per heavy atom. The summed E-state index contributed by atoms with van der Waals surface area (Å²) in [6, 6.07) is 13.9. The minimum Gasteiger partial charge on any atom is -0.454 e. The number of thiophene rings is 1. The molecule has 0 unspecified atom stereocenters. The molecule has 0 radical (unpaired) electrons. The van der Waals surface area contributed by atoms with Gasteiger partial charge in [0, 0.05) is 5.56 Å². The van der Waals surface area contributed by atoms with E-state index in [9.17, 15) is 0 Å². The van der Waals surface area contributed by atoms with Crippen molar-refractivity contribution in [2.75, 3.05) is 6.79 Å². The van der Waals surface area contributed by atoms with Crippen LogP contribution in [0.3, 0.4) is 0 Å². The minimum atomic E-state index is 0.273. The summed E-state index contributed by atoms with van der Waals surface area (Å²) < 4.78 is 12.7. The topological polar surface area (TPSA) is 48.7 Å². The zero-order chi connectivity index (χ0) is 15.2. The van der Waals surface area contributed by atoms with Crippen LogP contribution in [0.2, 0.25) is 0 Å². The average Bonchev–Trinajstić information content (AvgIpc) is 3.32. The Kier molecular flexibility index (Phi) is 2.65. The Bertz CT molecular complexity index is 1010. The smallest absolute Gasteiger partial charge is 0.231 e. The molecule has 1 aromatic carbocycles. The average molecular weight is 321 g/mol. The number of benzene rings is 1. The number of aromatic nitrogens is 3. The number of ether oxygens (including phenoxy) is 2. The monoisotopic (exact) mass is 321 g/mol. The number of hydrogen-bond donors (Lipinski definition) is 0. The third-order valence-corrected chi connectivity index (χ3v) is 4.70. The molecule has 1 aliphatic rings. The summed E-state index contributed by atoms with van der Waals surface area (Å²) in [7, 11) is 0. The van der Waals surface area contributed by atoms with Crippen molar-refractivity contribution < 1.29 is 9.47 Å². The summed E-state index contributed by atoms with van der Waals surface area (Å²) in [6.07, 6.45) is 1.86. The van der Waals surface area contributed by atoms with Crippen molar-refractivity contribution in [3.63, 3.8) is 0 Å². The van der Waals surface area contributed by atoms with Crippen LogP contribution in [0.4, 0.5) is 0 Å². The van der Waals surface area contributed by atoms with Crippen LogP contribution in [0.15, 0.2) is 54.0 Å². The van der Waals surface area contributed by atoms with Crippen LogP contribution >= 0.6 is 11.3 Å². The van der Waals surface area contributed by atoms with Gasteiger partial charge in [-0.05, 0) is 41.8 Å². The second kappa shape index (κ2) is 4.82. The lowest BCUT2D eigenvalue weighted by Crippen LogP contribution is -1.96. The van der Waals surface area contributed by atoms with Gasteiger partial charge in [-0.2, -0.15) is 5.10 Å². The molecule has 0 N–H and O–H groups in total. The predicted octanol–water partition coefficient (Wildman–Crippen LogP) is 3.85. The second-order valence-electron chi connectivity index (χ2n) is 5.18. The maximum absolute atomic E-state index is 5.45. The number of rotatable bonds is 2. The molecule has 6 heteroatoms. The van der Waals surface area contributed by atoms with Gasteiger partial charge in [0.2, 0.25) is 6.79 Å². The molecule has 0 bridgehead atoms. The van der Waals surface area contributed by atoms with E-state index in [2.05, 4.69) is 16.4 Å². The van der Waals surface area contributed by atoms with E-state index in [0.717, 1.165) is 39.0 Å². The van der Waals surface area contributed by atoms with Gasteiger partial charge in [-0.15, -0.1) is 11.3 Å². The number of fused-ring (bicyclic) bond motifs is 2. The Hall–Kier alpha value is -2.86. The van der Waals surface area contributed by atoms with Crippen LogP contribution in [-0.4, -0.2) is 21.4 Å². The van der Waals surface area contributed by atoms with E-state index in [4.69, 9.17) is 14.6 Å². The van der Waals surface area contributed by atoms with E-state index >= 15 is 0 Å². The molecule has 4 heterocycles. The van der Waals surface area contributed by atoms with Crippen LogP contribution < -0.4 is 9.47 Å². The van der Waals surface area contributed by atoms with Crippen molar-refractivity contribution >= 4 is 17.0 Å². The molecule has 1 aliphatic heterocycles. The Morgan fingerprint density at radius 3 is 2.91 bits per heavy atom. The predicted molar refractivity (Wildman–Crippen MR) is 87.9 cm³/mol. The Morgan fingerprint density at radius 1 is 1.04 bits per heavy atom. The summed E-state index contributed by atoms with van der Waals surface area (Å²) in [4.78, 5) is 5.58. The first-order chi connectivity index (χ1) is 11.4. The molecule has 3 aromatic heterocycles. The van der Waals surface area contributed by atoms with Gasteiger partial charge in [0.1, 0.15) is 5.69 Å². The molecular formula is C17H11N3O2S. The number of imidazole rings is 1. The van der Waals surface area contributed by atoms with Crippen molar-refractivity contribution in [3.8, 4) is 33.3 Å². The molecular weight excluding hydrogens is 310 g/mol. The fraction of sp³-hybridized carbons (Fsp3) is 0.0588. The van der Waals surface area contributed by atoms with Crippen molar-refractivity contribution in [2.45, 2.75) is 0 Å². The molecule has 0 saturated carbocycles. The molecule has 0 spiro atoms. The van der Waals surface area contributed by atoms with Crippen LogP contribution in [-0.2, 0) is 0 Å². The van der Waals surface area contributed by atoms with E-state index in [0.29, 0.717) is 0 Å². The van der Waals surface area contributed by atoms with Crippen molar-refractivity contribution in [2.24, 2.45) is 0 Å². The van der Waals surface area contributed by atoms with Gasteiger partial charge in [0.25, 0.3) is 0 Å². The van der Waals surface area contributed by atoms with Crippen LogP contribution in [0.5, 0.6) is 11.5 Å². The number of nitrogens with zero attached hydrogens (tertiary/aromatic N) is 3. The maximum Gasteiger partial charge on any atom is 0.231 e. The minimum absolute atomic E-state index is 0.273. The molecule has 4 aromatic rings. The van der Waals surface area contributed by atoms with E-state index < -0.39 is 0 Å². The molecule has 0 atom stereocenters. The summed E-state index contributed by atoms with van der Waals surface area (Å²) in [5.74, 6) is 1.53. The summed E-state index contributed by atoms with van der Waals surface area (Å²) in [5.41, 5.74) is 3.68. The lowest BCUT2D eigenvalue weighted by Gasteiger charge is -2.05. The molecule has 0 aliphatic carbocycles. The van der Waals surface area contributed by atoms with E-state index in [1.165, 1.54) is 0 Å². The summed E-state index contributed by atoms with van der Waals surface area (Å²) >= 11 is 1.68. The van der Waals surface area contributed by atoms with Gasteiger partial charge in [-0.25, -0.2) is 9.50 Å². The van der Waals surface area contributed by atoms with Crippen molar-refractivity contribution in [1.29, 1.82) is 0 Å². The van der Waals surface area contributed by atoms with E-state index in [-0.39, 0.29) is 6.79 Å². The zero-order valence-electron chi connectivity index (χ0n) is 12.0. The fourth-order valence-electron chi connectivity index (χ4n) is 2.68. The lowest BCUT2D eigenvalue weighted by molar-refractivity contribution is 0.174. The van der Waals surface area contributed by atoms with Gasteiger partial charge in [-0.3, -0.25) is 0 Å². The lowest BCUT2D eigenvalue weighted by atomic mass is 10.1. The third kappa shape index (κ3) is 1.99. The van der Waals surface area contributed by atoms with Crippen LogP contribution in [0.25, 0.3) is 27.5 Å².